The minimum atomic E-state index is -3.14. The van der Waals surface area contributed by atoms with E-state index < -0.39 is 10.0 Å². The van der Waals surface area contributed by atoms with Crippen molar-refractivity contribution in [2.24, 2.45) is 5.92 Å². The molecule has 18 heavy (non-hydrogen) atoms. The van der Waals surface area contributed by atoms with Gasteiger partial charge in [-0.15, -0.1) is 0 Å². The number of sulfonamides is 1. The molecule has 1 aromatic rings. The van der Waals surface area contributed by atoms with Crippen LogP contribution in [0.5, 0.6) is 0 Å². The number of nitrogen functional groups attached to an aromatic ring is 1. The van der Waals surface area contributed by atoms with Crippen molar-refractivity contribution in [3.63, 3.8) is 0 Å². The maximum Gasteiger partial charge on any atom is 0.212 e. The first-order valence-electron chi connectivity index (χ1n) is 6.42. The lowest BCUT2D eigenvalue weighted by molar-refractivity contribution is 0.551. The van der Waals surface area contributed by atoms with Gasteiger partial charge < -0.3 is 5.73 Å². The van der Waals surface area contributed by atoms with Crippen LogP contribution in [0.15, 0.2) is 18.2 Å². The van der Waals surface area contributed by atoms with Crippen molar-refractivity contribution in [3.05, 3.63) is 29.3 Å². The van der Waals surface area contributed by atoms with E-state index >= 15 is 0 Å². The Morgan fingerprint density at radius 2 is 2.06 bits per heavy atom. The Kier molecular flexibility index (Phi) is 2.83. The maximum atomic E-state index is 12.0. The second kappa shape index (κ2) is 4.24. The largest absolute Gasteiger partial charge is 0.399 e. The summed E-state index contributed by atoms with van der Waals surface area (Å²) >= 11 is 0. The zero-order valence-corrected chi connectivity index (χ0v) is 11.0. The van der Waals surface area contributed by atoms with Gasteiger partial charge in [0, 0.05) is 11.7 Å². The van der Waals surface area contributed by atoms with Crippen molar-refractivity contribution in [3.8, 4) is 0 Å². The second-order valence-corrected chi connectivity index (χ2v) is 7.19. The van der Waals surface area contributed by atoms with Gasteiger partial charge in [-0.2, -0.15) is 0 Å². The molecule has 1 saturated carbocycles. The molecule has 0 saturated heterocycles. The number of fused-ring (bicyclic) bond motifs is 1. The van der Waals surface area contributed by atoms with Gasteiger partial charge in [-0.3, -0.25) is 0 Å². The number of anilines is 1. The topological polar surface area (TPSA) is 72.2 Å². The van der Waals surface area contributed by atoms with Crippen LogP contribution in [-0.2, 0) is 16.4 Å². The number of hydrogen-bond donors (Lipinski definition) is 2. The fraction of sp³-hybridized carbons (Fsp3) is 0.538. The van der Waals surface area contributed by atoms with E-state index in [1.807, 2.05) is 18.2 Å². The smallest absolute Gasteiger partial charge is 0.212 e. The van der Waals surface area contributed by atoms with Crippen molar-refractivity contribution < 1.29 is 8.42 Å². The summed E-state index contributed by atoms with van der Waals surface area (Å²) < 4.78 is 26.8. The molecule has 0 aromatic heterocycles. The predicted molar refractivity (Wildman–Crippen MR) is 71.6 cm³/mol. The molecule has 1 aromatic carbocycles. The molecule has 0 radical (unpaired) electrons. The molecule has 2 aliphatic rings. The third-order valence-corrected chi connectivity index (χ3v) is 5.27. The Hall–Kier alpha value is -1.07. The molecule has 98 valence electrons. The molecular weight excluding hydrogens is 248 g/mol. The highest BCUT2D eigenvalue weighted by atomic mass is 32.2. The second-order valence-electron chi connectivity index (χ2n) is 5.39. The lowest BCUT2D eigenvalue weighted by Crippen LogP contribution is -2.30. The van der Waals surface area contributed by atoms with E-state index in [1.54, 1.807) is 0 Å². The summed E-state index contributed by atoms with van der Waals surface area (Å²) in [6, 6.07) is 5.67. The van der Waals surface area contributed by atoms with Gasteiger partial charge in [-0.25, -0.2) is 13.1 Å². The Bertz CT molecular complexity index is 564. The fourth-order valence-electron chi connectivity index (χ4n) is 2.62. The first-order chi connectivity index (χ1) is 8.53. The maximum absolute atomic E-state index is 12.0. The van der Waals surface area contributed by atoms with E-state index in [4.69, 9.17) is 5.73 Å². The minimum Gasteiger partial charge on any atom is -0.399 e. The van der Waals surface area contributed by atoms with E-state index in [2.05, 4.69) is 4.72 Å². The monoisotopic (exact) mass is 266 g/mol. The lowest BCUT2D eigenvalue weighted by Gasteiger charge is -2.14. The number of nitrogens with one attached hydrogen (secondary N) is 1. The zero-order valence-electron chi connectivity index (χ0n) is 10.2. The van der Waals surface area contributed by atoms with Crippen LogP contribution in [0.2, 0.25) is 0 Å². The molecule has 0 aliphatic heterocycles. The zero-order chi connectivity index (χ0) is 12.8. The summed E-state index contributed by atoms with van der Waals surface area (Å²) in [5, 5.41) is 0. The van der Waals surface area contributed by atoms with Gasteiger partial charge in [0.15, 0.2) is 0 Å². The van der Waals surface area contributed by atoms with Gasteiger partial charge in [0.1, 0.15) is 0 Å². The van der Waals surface area contributed by atoms with E-state index in [9.17, 15) is 8.42 Å². The number of benzene rings is 1. The van der Waals surface area contributed by atoms with Gasteiger partial charge in [-0.1, -0.05) is 6.07 Å². The van der Waals surface area contributed by atoms with E-state index in [0.29, 0.717) is 5.92 Å². The highest BCUT2D eigenvalue weighted by Crippen LogP contribution is 2.34. The first-order valence-corrected chi connectivity index (χ1v) is 8.07. The summed E-state index contributed by atoms with van der Waals surface area (Å²) in [4.78, 5) is 0. The Morgan fingerprint density at radius 3 is 2.78 bits per heavy atom. The number of rotatable bonds is 4. The SMILES string of the molecule is Nc1ccc2c(c1)CCC2NS(=O)(=O)CC1CC1. The van der Waals surface area contributed by atoms with Crippen LogP contribution in [0.1, 0.15) is 36.4 Å². The van der Waals surface area contributed by atoms with Crippen LogP contribution in [-0.4, -0.2) is 14.2 Å². The summed E-state index contributed by atoms with van der Waals surface area (Å²) in [5.41, 5.74) is 8.75. The molecule has 1 atom stereocenters. The number of aryl methyl sites for hydroxylation is 1. The van der Waals surface area contributed by atoms with Crippen LogP contribution in [0.25, 0.3) is 0 Å². The Morgan fingerprint density at radius 1 is 1.28 bits per heavy atom. The van der Waals surface area contributed by atoms with Crippen LogP contribution in [0.4, 0.5) is 5.69 Å². The van der Waals surface area contributed by atoms with Crippen molar-refractivity contribution in [2.45, 2.75) is 31.7 Å². The molecule has 0 spiro atoms. The quantitative estimate of drug-likeness (QED) is 0.813. The van der Waals surface area contributed by atoms with Gasteiger partial charge in [0.05, 0.1) is 5.75 Å². The van der Waals surface area contributed by atoms with Crippen LogP contribution in [0.3, 0.4) is 0 Å². The molecule has 3 N–H and O–H groups in total. The summed E-state index contributed by atoms with van der Waals surface area (Å²) in [7, 11) is -3.14. The average molecular weight is 266 g/mol. The fourth-order valence-corrected chi connectivity index (χ4v) is 4.35. The first kappa shape index (κ1) is 12.0. The van der Waals surface area contributed by atoms with Crippen molar-refractivity contribution in [2.75, 3.05) is 11.5 Å². The minimum absolute atomic E-state index is 0.0654. The van der Waals surface area contributed by atoms with E-state index in [1.165, 1.54) is 5.56 Å². The molecule has 1 fully saturated rings. The molecule has 3 rings (SSSR count). The molecular formula is C13H18N2O2S. The predicted octanol–water partition coefficient (Wildman–Crippen LogP) is 1.59. The van der Waals surface area contributed by atoms with Crippen molar-refractivity contribution >= 4 is 15.7 Å². The molecule has 0 bridgehead atoms. The Balaban J connectivity index is 1.76. The highest BCUT2D eigenvalue weighted by molar-refractivity contribution is 7.89. The van der Waals surface area contributed by atoms with Crippen LogP contribution >= 0.6 is 0 Å². The van der Waals surface area contributed by atoms with Gasteiger partial charge in [0.2, 0.25) is 10.0 Å². The highest BCUT2D eigenvalue weighted by Gasteiger charge is 2.31. The molecule has 4 nitrogen and oxygen atoms in total. The third kappa shape index (κ3) is 2.52. The molecule has 0 heterocycles. The van der Waals surface area contributed by atoms with E-state index in [-0.39, 0.29) is 11.8 Å². The van der Waals surface area contributed by atoms with Gasteiger partial charge in [0.25, 0.3) is 0 Å². The Labute approximate surface area is 108 Å². The number of nitrogens with two attached hydrogens (primary N) is 1. The van der Waals surface area contributed by atoms with Crippen molar-refractivity contribution in [1.82, 2.24) is 4.72 Å². The van der Waals surface area contributed by atoms with E-state index in [0.717, 1.165) is 36.9 Å². The van der Waals surface area contributed by atoms with Crippen LogP contribution < -0.4 is 10.5 Å². The van der Waals surface area contributed by atoms with Gasteiger partial charge in [-0.05, 0) is 54.9 Å². The standard InChI is InChI=1S/C13H18N2O2S/c14-11-4-5-12-10(7-11)3-6-13(12)15-18(16,17)8-9-1-2-9/h4-5,7,9,13,15H,1-3,6,8,14H2. The molecule has 2 aliphatic carbocycles. The summed E-state index contributed by atoms with van der Waals surface area (Å²) in [5.74, 6) is 0.670. The average Bonchev–Trinajstić information content (AvgIpc) is 3.00. The number of hydrogen-bond acceptors (Lipinski definition) is 3. The lowest BCUT2D eigenvalue weighted by atomic mass is 10.1. The van der Waals surface area contributed by atoms with Gasteiger partial charge >= 0.3 is 0 Å². The molecule has 5 heteroatoms. The normalized spacial score (nSPS) is 23.0. The molecule has 1 unspecified atom stereocenters. The summed E-state index contributed by atoms with van der Waals surface area (Å²) in [6.45, 7) is 0. The third-order valence-electron chi connectivity index (χ3n) is 3.72. The molecule has 0 amide bonds. The summed E-state index contributed by atoms with van der Waals surface area (Å²) in [6.07, 6.45) is 3.84. The van der Waals surface area contributed by atoms with Crippen LogP contribution in [0, 0.1) is 5.92 Å². The van der Waals surface area contributed by atoms with Crippen molar-refractivity contribution in [1.29, 1.82) is 0 Å².